The molecule has 0 aliphatic heterocycles. The molecule has 0 spiro atoms. The molecule has 0 radical (unpaired) electrons. The SMILES string of the molecule is CCCCC(CC)COOc1cc(CBr)c(OOC)cc1CBr. The molecule has 0 amide bonds. The van der Waals surface area contributed by atoms with E-state index in [0.29, 0.717) is 34.7 Å². The number of benzene rings is 1. The first-order valence-electron chi connectivity index (χ1n) is 7.97. The van der Waals surface area contributed by atoms with Gasteiger partial charge < -0.3 is 9.78 Å². The van der Waals surface area contributed by atoms with Crippen molar-refractivity contribution in [3.63, 3.8) is 0 Å². The van der Waals surface area contributed by atoms with Crippen molar-refractivity contribution in [3.8, 4) is 11.5 Å². The number of alkyl halides is 2. The van der Waals surface area contributed by atoms with E-state index in [9.17, 15) is 0 Å². The van der Waals surface area contributed by atoms with Crippen LogP contribution in [0.15, 0.2) is 12.1 Å². The normalized spacial score (nSPS) is 12.2. The first-order chi connectivity index (χ1) is 11.2. The van der Waals surface area contributed by atoms with Gasteiger partial charge in [-0.2, -0.15) is 9.78 Å². The van der Waals surface area contributed by atoms with E-state index >= 15 is 0 Å². The summed E-state index contributed by atoms with van der Waals surface area (Å²) in [7, 11) is 1.49. The third-order valence-electron chi connectivity index (χ3n) is 3.70. The van der Waals surface area contributed by atoms with Crippen LogP contribution < -0.4 is 9.78 Å². The molecule has 0 N–H and O–H groups in total. The van der Waals surface area contributed by atoms with E-state index in [-0.39, 0.29) is 0 Å². The minimum atomic E-state index is 0.536. The van der Waals surface area contributed by atoms with E-state index in [1.165, 1.54) is 26.4 Å². The monoisotopic (exact) mass is 452 g/mol. The number of rotatable bonds is 12. The zero-order valence-electron chi connectivity index (χ0n) is 14.1. The molecule has 0 fully saturated rings. The number of halogens is 2. The lowest BCUT2D eigenvalue weighted by Gasteiger charge is -2.16. The summed E-state index contributed by atoms with van der Waals surface area (Å²) in [4.78, 5) is 21.0. The Hall–Kier alpha value is -0.300. The Bertz CT molecular complexity index is 454. The van der Waals surface area contributed by atoms with Crippen LogP contribution in [0.4, 0.5) is 0 Å². The van der Waals surface area contributed by atoms with Crippen LogP contribution in [0.2, 0.25) is 0 Å². The van der Waals surface area contributed by atoms with Gasteiger partial charge in [0.25, 0.3) is 0 Å². The molecular weight excluding hydrogens is 428 g/mol. The van der Waals surface area contributed by atoms with Gasteiger partial charge in [-0.05, 0) is 24.5 Å². The summed E-state index contributed by atoms with van der Waals surface area (Å²) in [6.45, 7) is 5.00. The standard InChI is InChI=1S/C17H26Br2O4/c1-4-6-7-13(5-2)12-21-23-17-9-14(10-18)16(22-20-3)8-15(17)11-19/h8-9,13H,4-7,10-12H2,1-3H3. The zero-order valence-corrected chi connectivity index (χ0v) is 17.2. The quantitative estimate of drug-likeness (QED) is 0.223. The third kappa shape index (κ3) is 6.99. The van der Waals surface area contributed by atoms with E-state index in [2.05, 4.69) is 45.7 Å². The summed E-state index contributed by atoms with van der Waals surface area (Å²) in [6.07, 6.45) is 4.71. The highest BCUT2D eigenvalue weighted by molar-refractivity contribution is 9.08. The van der Waals surface area contributed by atoms with Crippen LogP contribution in [-0.4, -0.2) is 13.7 Å². The molecule has 0 aliphatic rings. The highest BCUT2D eigenvalue weighted by atomic mass is 79.9. The molecule has 1 atom stereocenters. The van der Waals surface area contributed by atoms with Crippen molar-refractivity contribution in [2.24, 2.45) is 5.92 Å². The Morgan fingerprint density at radius 2 is 1.61 bits per heavy atom. The molecule has 1 unspecified atom stereocenters. The molecular formula is C17H26Br2O4. The summed E-state index contributed by atoms with van der Waals surface area (Å²) < 4.78 is 0. The largest absolute Gasteiger partial charge is 0.338 e. The van der Waals surface area contributed by atoms with Gasteiger partial charge in [0.2, 0.25) is 0 Å². The highest BCUT2D eigenvalue weighted by Gasteiger charge is 2.14. The van der Waals surface area contributed by atoms with Crippen LogP contribution in [0.3, 0.4) is 0 Å². The first-order valence-corrected chi connectivity index (χ1v) is 10.2. The average molecular weight is 454 g/mol. The second kappa shape index (κ2) is 12.1. The predicted octanol–water partition coefficient (Wildman–Crippen LogP) is 5.94. The highest BCUT2D eigenvalue weighted by Crippen LogP contribution is 2.32. The lowest BCUT2D eigenvalue weighted by Crippen LogP contribution is -2.11. The maximum atomic E-state index is 5.57. The Balaban J connectivity index is 2.71. The molecule has 0 heterocycles. The molecule has 0 aliphatic carbocycles. The number of unbranched alkanes of at least 4 members (excludes halogenated alkanes) is 1. The van der Waals surface area contributed by atoms with Gasteiger partial charge >= 0.3 is 0 Å². The van der Waals surface area contributed by atoms with Crippen molar-refractivity contribution >= 4 is 31.9 Å². The lowest BCUT2D eigenvalue weighted by molar-refractivity contribution is -0.217. The van der Waals surface area contributed by atoms with Crippen LogP contribution >= 0.6 is 31.9 Å². The summed E-state index contributed by atoms with van der Waals surface area (Å²) in [5.74, 6) is 1.90. The fourth-order valence-electron chi connectivity index (χ4n) is 2.19. The fraction of sp³-hybridized carbons (Fsp3) is 0.647. The molecule has 4 nitrogen and oxygen atoms in total. The maximum Gasteiger partial charge on any atom is 0.170 e. The molecule has 6 heteroatoms. The van der Waals surface area contributed by atoms with Crippen LogP contribution in [-0.2, 0) is 20.4 Å². The Morgan fingerprint density at radius 1 is 1.00 bits per heavy atom. The molecule has 1 rings (SSSR count). The fourth-order valence-corrected chi connectivity index (χ4v) is 3.07. The van der Waals surface area contributed by atoms with Gasteiger partial charge in [0.05, 0.1) is 13.7 Å². The topological polar surface area (TPSA) is 36.9 Å². The van der Waals surface area contributed by atoms with Gasteiger partial charge in [-0.15, -0.1) is 0 Å². The van der Waals surface area contributed by atoms with Crippen molar-refractivity contribution < 1.29 is 19.6 Å². The van der Waals surface area contributed by atoms with Gasteiger partial charge in [-0.25, -0.2) is 0 Å². The molecule has 1 aromatic rings. The van der Waals surface area contributed by atoms with Crippen molar-refractivity contribution in [3.05, 3.63) is 23.3 Å². The minimum Gasteiger partial charge on any atom is -0.338 e. The van der Waals surface area contributed by atoms with Gasteiger partial charge in [0.1, 0.15) is 0 Å². The third-order valence-corrected chi connectivity index (χ3v) is 4.91. The summed E-state index contributed by atoms with van der Waals surface area (Å²) >= 11 is 6.91. The molecule has 0 aromatic heterocycles. The summed E-state index contributed by atoms with van der Waals surface area (Å²) in [5, 5.41) is 1.28. The molecule has 23 heavy (non-hydrogen) atoms. The molecule has 132 valence electrons. The van der Waals surface area contributed by atoms with Crippen molar-refractivity contribution in [2.75, 3.05) is 13.7 Å². The number of hydrogen-bond acceptors (Lipinski definition) is 4. The van der Waals surface area contributed by atoms with Crippen LogP contribution in [0, 0.1) is 5.92 Å². The predicted molar refractivity (Wildman–Crippen MR) is 99.2 cm³/mol. The van der Waals surface area contributed by atoms with Crippen molar-refractivity contribution in [1.82, 2.24) is 0 Å². The van der Waals surface area contributed by atoms with E-state index in [4.69, 9.17) is 19.6 Å². The van der Waals surface area contributed by atoms with E-state index in [1.807, 2.05) is 12.1 Å². The zero-order chi connectivity index (χ0) is 17.1. The lowest BCUT2D eigenvalue weighted by atomic mass is 10.0. The molecule has 0 saturated carbocycles. The van der Waals surface area contributed by atoms with Crippen LogP contribution in [0.5, 0.6) is 11.5 Å². The van der Waals surface area contributed by atoms with Crippen molar-refractivity contribution in [2.45, 2.75) is 50.2 Å². The maximum absolute atomic E-state index is 5.57. The van der Waals surface area contributed by atoms with Gasteiger partial charge in [-0.1, -0.05) is 65.0 Å². The second-order valence-electron chi connectivity index (χ2n) is 5.37. The smallest absolute Gasteiger partial charge is 0.170 e. The van der Waals surface area contributed by atoms with Crippen LogP contribution in [0.1, 0.15) is 50.7 Å². The van der Waals surface area contributed by atoms with Gasteiger partial charge in [0, 0.05) is 21.8 Å². The Labute approximate surface area is 155 Å². The van der Waals surface area contributed by atoms with E-state index in [1.54, 1.807) is 0 Å². The second-order valence-corrected chi connectivity index (χ2v) is 6.49. The average Bonchev–Trinajstić information content (AvgIpc) is 2.58. The van der Waals surface area contributed by atoms with E-state index in [0.717, 1.165) is 17.5 Å². The van der Waals surface area contributed by atoms with Crippen molar-refractivity contribution in [1.29, 1.82) is 0 Å². The minimum absolute atomic E-state index is 0.536. The summed E-state index contributed by atoms with van der Waals surface area (Å²) in [6, 6.07) is 3.80. The molecule has 0 saturated heterocycles. The number of hydrogen-bond donors (Lipinski definition) is 0. The first kappa shape index (κ1) is 20.7. The molecule has 1 aromatic carbocycles. The van der Waals surface area contributed by atoms with E-state index < -0.39 is 0 Å². The van der Waals surface area contributed by atoms with Crippen LogP contribution in [0.25, 0.3) is 0 Å². The summed E-state index contributed by atoms with van der Waals surface area (Å²) in [5.41, 5.74) is 1.89. The Morgan fingerprint density at radius 3 is 2.09 bits per heavy atom. The van der Waals surface area contributed by atoms with Gasteiger partial charge in [0.15, 0.2) is 11.5 Å². The Kier molecular flexibility index (Phi) is 10.9. The van der Waals surface area contributed by atoms with Gasteiger partial charge in [-0.3, -0.25) is 0 Å². The molecule has 0 bridgehead atoms.